The molecule has 2 heterocycles. The number of carbonyl (C=O) groups excluding carboxylic acids is 1. The van der Waals surface area contributed by atoms with Gasteiger partial charge in [-0.3, -0.25) is 9.36 Å². The van der Waals surface area contributed by atoms with Crippen LogP contribution >= 0.6 is 11.8 Å². The van der Waals surface area contributed by atoms with E-state index in [-0.39, 0.29) is 22.8 Å². The van der Waals surface area contributed by atoms with Gasteiger partial charge in [-0.15, -0.1) is 10.2 Å². The van der Waals surface area contributed by atoms with E-state index in [1.54, 1.807) is 19.1 Å². The molecule has 1 fully saturated rings. The Labute approximate surface area is 201 Å². The second-order valence-electron chi connectivity index (χ2n) is 7.83. The molecule has 1 aliphatic heterocycles. The molecule has 34 heavy (non-hydrogen) atoms. The summed E-state index contributed by atoms with van der Waals surface area (Å²) in [4.78, 5) is 15.1. The van der Waals surface area contributed by atoms with Crippen LogP contribution in [0.25, 0.3) is 5.69 Å². The normalized spacial score (nSPS) is 14.0. The minimum absolute atomic E-state index is 0.00222. The lowest BCUT2D eigenvalue weighted by Crippen LogP contribution is -2.37. The molecule has 0 saturated carbocycles. The SMILES string of the molecule is CCc1cccc(-n2c(SCC(=O)c3cc(C)ccc3OC(F)F)nnc2N2CCOCC2)c1. The molecule has 0 aliphatic carbocycles. The molecule has 180 valence electrons. The lowest BCUT2D eigenvalue weighted by molar-refractivity contribution is -0.0501. The number of alkyl halides is 2. The number of hydrogen-bond acceptors (Lipinski definition) is 7. The van der Waals surface area contributed by atoms with Gasteiger partial charge in [-0.1, -0.05) is 42.4 Å². The maximum Gasteiger partial charge on any atom is 0.387 e. The highest BCUT2D eigenvalue weighted by Crippen LogP contribution is 2.30. The summed E-state index contributed by atoms with van der Waals surface area (Å²) in [6.45, 7) is 3.45. The summed E-state index contributed by atoms with van der Waals surface area (Å²) in [5, 5.41) is 9.34. The maximum absolute atomic E-state index is 13.0. The summed E-state index contributed by atoms with van der Waals surface area (Å²) in [5.74, 6) is 0.229. The number of aromatic nitrogens is 3. The van der Waals surface area contributed by atoms with E-state index in [0.29, 0.717) is 37.4 Å². The second-order valence-corrected chi connectivity index (χ2v) is 8.77. The fraction of sp³-hybridized carbons (Fsp3) is 0.375. The van der Waals surface area contributed by atoms with Gasteiger partial charge in [-0.2, -0.15) is 8.78 Å². The fourth-order valence-corrected chi connectivity index (χ4v) is 4.56. The van der Waals surface area contributed by atoms with E-state index in [1.165, 1.54) is 23.4 Å². The Morgan fingerprint density at radius 3 is 2.71 bits per heavy atom. The van der Waals surface area contributed by atoms with Crippen molar-refractivity contribution in [1.29, 1.82) is 0 Å². The van der Waals surface area contributed by atoms with Gasteiger partial charge >= 0.3 is 6.61 Å². The van der Waals surface area contributed by atoms with Gasteiger partial charge in [0.1, 0.15) is 5.75 Å². The number of ether oxygens (including phenoxy) is 2. The highest BCUT2D eigenvalue weighted by Gasteiger charge is 2.23. The third-order valence-corrected chi connectivity index (χ3v) is 6.40. The zero-order chi connectivity index (χ0) is 24.1. The maximum atomic E-state index is 13.0. The van der Waals surface area contributed by atoms with Crippen molar-refractivity contribution in [2.24, 2.45) is 0 Å². The summed E-state index contributed by atoms with van der Waals surface area (Å²) in [7, 11) is 0. The van der Waals surface area contributed by atoms with Crippen LogP contribution in [0, 0.1) is 6.92 Å². The van der Waals surface area contributed by atoms with Gasteiger partial charge in [-0.25, -0.2) is 0 Å². The van der Waals surface area contributed by atoms with Crippen LogP contribution in [0.5, 0.6) is 5.75 Å². The molecule has 0 radical (unpaired) electrons. The first-order valence-corrected chi connectivity index (χ1v) is 12.0. The molecule has 1 aliphatic rings. The summed E-state index contributed by atoms with van der Waals surface area (Å²) >= 11 is 1.22. The Hall–Kier alpha value is -2.98. The summed E-state index contributed by atoms with van der Waals surface area (Å²) in [6.07, 6.45) is 0.879. The van der Waals surface area contributed by atoms with Gasteiger partial charge in [0.05, 0.1) is 30.2 Å². The zero-order valence-corrected chi connectivity index (χ0v) is 19.9. The third kappa shape index (κ3) is 5.56. The molecule has 0 spiro atoms. The number of hydrogen-bond donors (Lipinski definition) is 0. The molecule has 7 nitrogen and oxygen atoms in total. The topological polar surface area (TPSA) is 69.5 Å². The van der Waals surface area contributed by atoms with Gasteiger partial charge in [0.25, 0.3) is 0 Å². The quantitative estimate of drug-likeness (QED) is 0.323. The van der Waals surface area contributed by atoms with Crippen molar-refractivity contribution < 1.29 is 23.0 Å². The van der Waals surface area contributed by atoms with E-state index in [0.717, 1.165) is 17.7 Å². The van der Waals surface area contributed by atoms with Crippen LogP contribution in [0.3, 0.4) is 0 Å². The molecule has 0 unspecified atom stereocenters. The summed E-state index contributed by atoms with van der Waals surface area (Å²) < 4.78 is 37.6. The van der Waals surface area contributed by atoms with E-state index in [4.69, 9.17) is 4.74 Å². The first-order valence-electron chi connectivity index (χ1n) is 11.0. The van der Waals surface area contributed by atoms with Crippen LogP contribution in [0.2, 0.25) is 0 Å². The Balaban J connectivity index is 1.63. The van der Waals surface area contributed by atoms with E-state index >= 15 is 0 Å². The van der Waals surface area contributed by atoms with Crippen molar-refractivity contribution in [2.45, 2.75) is 32.0 Å². The zero-order valence-electron chi connectivity index (χ0n) is 19.0. The van der Waals surface area contributed by atoms with E-state index in [2.05, 4.69) is 38.9 Å². The first kappa shape index (κ1) is 24.2. The minimum atomic E-state index is -3.01. The van der Waals surface area contributed by atoms with Crippen molar-refractivity contribution in [3.8, 4) is 11.4 Å². The Morgan fingerprint density at radius 2 is 1.97 bits per heavy atom. The first-order chi connectivity index (χ1) is 16.5. The van der Waals surface area contributed by atoms with Crippen LogP contribution in [0.4, 0.5) is 14.7 Å². The van der Waals surface area contributed by atoms with Crippen LogP contribution in [-0.2, 0) is 11.2 Å². The summed E-state index contributed by atoms with van der Waals surface area (Å²) in [5.41, 5.74) is 2.97. The smallest absolute Gasteiger partial charge is 0.387 e. The lowest BCUT2D eigenvalue weighted by atomic mass is 10.1. The number of aryl methyl sites for hydroxylation is 2. The number of carbonyl (C=O) groups is 1. The molecule has 4 rings (SSSR count). The van der Waals surface area contributed by atoms with E-state index < -0.39 is 6.61 Å². The van der Waals surface area contributed by atoms with Crippen molar-refractivity contribution >= 4 is 23.5 Å². The fourth-order valence-electron chi connectivity index (χ4n) is 3.73. The van der Waals surface area contributed by atoms with Crippen molar-refractivity contribution in [3.05, 3.63) is 59.2 Å². The van der Waals surface area contributed by atoms with Crippen LogP contribution in [0.15, 0.2) is 47.6 Å². The molecular weight excluding hydrogens is 462 g/mol. The molecule has 2 aromatic carbocycles. The molecule has 3 aromatic rings. The number of rotatable bonds is 9. The van der Waals surface area contributed by atoms with Crippen LogP contribution < -0.4 is 9.64 Å². The third-order valence-electron chi connectivity index (χ3n) is 5.47. The molecule has 0 amide bonds. The van der Waals surface area contributed by atoms with Crippen molar-refractivity contribution in [1.82, 2.24) is 14.8 Å². The van der Waals surface area contributed by atoms with Gasteiger partial charge in [0, 0.05) is 13.1 Å². The molecular formula is C24H26F2N4O3S. The van der Waals surface area contributed by atoms with Gasteiger partial charge in [0.2, 0.25) is 5.95 Å². The number of thioether (sulfide) groups is 1. The number of halogens is 2. The van der Waals surface area contributed by atoms with Gasteiger partial charge in [-0.05, 0) is 43.2 Å². The monoisotopic (exact) mass is 488 g/mol. The van der Waals surface area contributed by atoms with Gasteiger partial charge < -0.3 is 14.4 Å². The number of Topliss-reactive ketones (excluding diaryl/α,β-unsaturated/α-hetero) is 1. The largest absolute Gasteiger partial charge is 0.434 e. The molecule has 0 atom stereocenters. The highest BCUT2D eigenvalue weighted by atomic mass is 32.2. The lowest BCUT2D eigenvalue weighted by Gasteiger charge is -2.28. The molecule has 0 bridgehead atoms. The predicted octanol–water partition coefficient (Wildman–Crippen LogP) is 4.55. The second kappa shape index (κ2) is 11.0. The van der Waals surface area contributed by atoms with Gasteiger partial charge in [0.15, 0.2) is 10.9 Å². The number of anilines is 1. The van der Waals surface area contributed by atoms with E-state index in [9.17, 15) is 13.6 Å². The minimum Gasteiger partial charge on any atom is -0.434 e. The summed E-state index contributed by atoms with van der Waals surface area (Å²) in [6, 6.07) is 12.7. The van der Waals surface area contributed by atoms with Crippen molar-refractivity contribution in [2.75, 3.05) is 37.0 Å². The number of morpholine rings is 1. The van der Waals surface area contributed by atoms with Crippen molar-refractivity contribution in [3.63, 3.8) is 0 Å². The molecule has 0 N–H and O–H groups in total. The Bertz CT molecular complexity index is 1150. The molecule has 1 aromatic heterocycles. The van der Waals surface area contributed by atoms with Crippen LogP contribution in [-0.4, -0.2) is 59.2 Å². The Kier molecular flexibility index (Phi) is 7.79. The number of nitrogens with zero attached hydrogens (tertiary/aromatic N) is 4. The number of benzene rings is 2. The highest BCUT2D eigenvalue weighted by molar-refractivity contribution is 7.99. The molecule has 10 heteroatoms. The van der Waals surface area contributed by atoms with E-state index in [1.807, 2.05) is 16.7 Å². The Morgan fingerprint density at radius 1 is 1.18 bits per heavy atom. The predicted molar refractivity (Wildman–Crippen MR) is 127 cm³/mol. The average Bonchev–Trinajstić information content (AvgIpc) is 3.28. The number of ketones is 1. The van der Waals surface area contributed by atoms with Crippen LogP contribution in [0.1, 0.15) is 28.4 Å². The average molecular weight is 489 g/mol. The standard InChI is InChI=1S/C24H26F2N4O3S/c1-3-17-5-4-6-18(14-17)30-23(29-9-11-32-12-10-29)27-28-24(30)34-15-20(31)19-13-16(2)7-8-21(19)33-22(25)26/h4-8,13-14,22H,3,9-12,15H2,1-2H3. The molecule has 1 saturated heterocycles.